The summed E-state index contributed by atoms with van der Waals surface area (Å²) in [7, 11) is 0. The van der Waals surface area contributed by atoms with Crippen molar-refractivity contribution in [3.05, 3.63) is 48.0 Å². The van der Waals surface area contributed by atoms with Gasteiger partial charge in [0.2, 0.25) is 0 Å². The van der Waals surface area contributed by atoms with Gasteiger partial charge in [-0.3, -0.25) is 0 Å². The predicted molar refractivity (Wildman–Crippen MR) is 78.2 cm³/mol. The lowest BCUT2D eigenvalue weighted by atomic mass is 9.86. The van der Waals surface area contributed by atoms with Crippen molar-refractivity contribution in [3.8, 4) is 0 Å². The largest absolute Gasteiger partial charge is 0.456 e. The van der Waals surface area contributed by atoms with Crippen LogP contribution in [0.5, 0.6) is 0 Å². The second kappa shape index (κ2) is 4.39. The van der Waals surface area contributed by atoms with Gasteiger partial charge in [0.1, 0.15) is 11.2 Å². The molecule has 2 nitrogen and oxygen atoms in total. The second-order valence-corrected chi connectivity index (χ2v) is 5.02. The minimum atomic E-state index is -0.786. The molecule has 1 aromatic heterocycles. The van der Waals surface area contributed by atoms with Crippen molar-refractivity contribution in [3.63, 3.8) is 0 Å². The summed E-state index contributed by atoms with van der Waals surface area (Å²) in [5.74, 6) is 0. The maximum absolute atomic E-state index is 10.8. The van der Waals surface area contributed by atoms with Crippen LogP contribution in [0.3, 0.4) is 0 Å². The molecule has 0 atom stereocenters. The number of benzene rings is 2. The Labute approximate surface area is 112 Å². The summed E-state index contributed by atoms with van der Waals surface area (Å²) in [4.78, 5) is 0. The van der Waals surface area contributed by atoms with Crippen molar-refractivity contribution >= 4 is 21.9 Å². The highest BCUT2D eigenvalue weighted by atomic mass is 16.3. The fourth-order valence-electron chi connectivity index (χ4n) is 2.79. The zero-order valence-corrected chi connectivity index (χ0v) is 11.3. The lowest BCUT2D eigenvalue weighted by molar-refractivity contribution is 0.0299. The van der Waals surface area contributed by atoms with E-state index in [2.05, 4.69) is 6.07 Å². The van der Waals surface area contributed by atoms with Crippen LogP contribution in [0.4, 0.5) is 0 Å². The molecule has 19 heavy (non-hydrogen) atoms. The van der Waals surface area contributed by atoms with Gasteiger partial charge in [0.15, 0.2) is 0 Å². The number of rotatable bonds is 3. The summed E-state index contributed by atoms with van der Waals surface area (Å²) < 4.78 is 5.87. The topological polar surface area (TPSA) is 33.4 Å². The van der Waals surface area contributed by atoms with Crippen LogP contribution in [-0.2, 0) is 5.60 Å². The fourth-order valence-corrected chi connectivity index (χ4v) is 2.79. The quantitative estimate of drug-likeness (QED) is 0.741. The van der Waals surface area contributed by atoms with Crippen LogP contribution in [0, 0.1) is 0 Å². The molecule has 0 bridgehead atoms. The van der Waals surface area contributed by atoms with E-state index in [4.69, 9.17) is 4.42 Å². The van der Waals surface area contributed by atoms with E-state index in [9.17, 15) is 5.11 Å². The summed E-state index contributed by atoms with van der Waals surface area (Å²) >= 11 is 0. The highest BCUT2D eigenvalue weighted by molar-refractivity contribution is 6.07. The molecule has 0 saturated heterocycles. The molecule has 1 heterocycles. The number of hydrogen-bond donors (Lipinski definition) is 1. The van der Waals surface area contributed by atoms with E-state index in [0.717, 1.165) is 27.5 Å². The molecular weight excluding hydrogens is 236 g/mol. The number of para-hydroxylation sites is 1. The van der Waals surface area contributed by atoms with Crippen molar-refractivity contribution in [2.45, 2.75) is 32.3 Å². The van der Waals surface area contributed by atoms with Gasteiger partial charge < -0.3 is 9.52 Å². The predicted octanol–water partition coefficient (Wildman–Crippen LogP) is 4.59. The smallest absolute Gasteiger partial charge is 0.135 e. The summed E-state index contributed by atoms with van der Waals surface area (Å²) in [6, 6.07) is 13.9. The Morgan fingerprint density at radius 2 is 1.63 bits per heavy atom. The molecule has 0 aliphatic heterocycles. The van der Waals surface area contributed by atoms with E-state index in [1.807, 2.05) is 50.2 Å². The maximum atomic E-state index is 10.8. The minimum Gasteiger partial charge on any atom is -0.456 e. The Bertz CT molecular complexity index is 720. The molecule has 98 valence electrons. The monoisotopic (exact) mass is 254 g/mol. The van der Waals surface area contributed by atoms with Gasteiger partial charge in [0, 0.05) is 10.8 Å². The van der Waals surface area contributed by atoms with Crippen LogP contribution in [0.1, 0.15) is 32.3 Å². The zero-order chi connectivity index (χ0) is 13.5. The Morgan fingerprint density at radius 1 is 0.947 bits per heavy atom. The SMILES string of the molecule is CCC(O)(CC)c1cccc2oc3ccccc3c12. The van der Waals surface area contributed by atoms with Crippen LogP contribution >= 0.6 is 0 Å². The van der Waals surface area contributed by atoms with E-state index >= 15 is 0 Å². The molecule has 0 unspecified atom stereocenters. The van der Waals surface area contributed by atoms with Crippen molar-refractivity contribution in [2.75, 3.05) is 0 Å². The second-order valence-electron chi connectivity index (χ2n) is 5.02. The third-order valence-electron chi connectivity index (χ3n) is 4.07. The van der Waals surface area contributed by atoms with E-state index in [1.165, 1.54) is 0 Å². The Hall–Kier alpha value is -1.80. The van der Waals surface area contributed by atoms with Gasteiger partial charge in [0.25, 0.3) is 0 Å². The number of hydrogen-bond acceptors (Lipinski definition) is 2. The van der Waals surface area contributed by atoms with Crippen LogP contribution in [-0.4, -0.2) is 5.11 Å². The number of aliphatic hydroxyl groups is 1. The third kappa shape index (κ3) is 1.75. The standard InChI is InChI=1S/C17H18O2/c1-3-17(18,4-2)13-9-7-11-15-16(13)12-8-5-6-10-14(12)19-15/h5-11,18H,3-4H2,1-2H3. The summed E-state index contributed by atoms with van der Waals surface area (Å²) in [6.07, 6.45) is 1.39. The van der Waals surface area contributed by atoms with Crippen LogP contribution in [0.2, 0.25) is 0 Å². The first-order chi connectivity index (χ1) is 9.19. The van der Waals surface area contributed by atoms with Crippen molar-refractivity contribution in [2.24, 2.45) is 0 Å². The fraction of sp³-hybridized carbons (Fsp3) is 0.294. The van der Waals surface area contributed by atoms with Crippen LogP contribution in [0.15, 0.2) is 46.9 Å². The lowest BCUT2D eigenvalue weighted by Crippen LogP contribution is -2.23. The maximum Gasteiger partial charge on any atom is 0.135 e. The van der Waals surface area contributed by atoms with E-state index in [-0.39, 0.29) is 0 Å². The van der Waals surface area contributed by atoms with Gasteiger partial charge >= 0.3 is 0 Å². The van der Waals surface area contributed by atoms with Crippen LogP contribution in [0.25, 0.3) is 21.9 Å². The first-order valence-corrected chi connectivity index (χ1v) is 6.82. The molecule has 0 aliphatic carbocycles. The van der Waals surface area contributed by atoms with Crippen molar-refractivity contribution in [1.82, 2.24) is 0 Å². The number of fused-ring (bicyclic) bond motifs is 3. The zero-order valence-electron chi connectivity index (χ0n) is 11.3. The lowest BCUT2D eigenvalue weighted by Gasteiger charge is -2.26. The minimum absolute atomic E-state index is 0.697. The molecule has 0 fully saturated rings. The molecule has 0 saturated carbocycles. The number of furan rings is 1. The third-order valence-corrected chi connectivity index (χ3v) is 4.07. The van der Waals surface area contributed by atoms with Gasteiger partial charge in [0.05, 0.1) is 5.60 Å². The summed E-state index contributed by atoms with van der Waals surface area (Å²) in [5.41, 5.74) is 1.91. The molecule has 0 radical (unpaired) electrons. The Balaban J connectivity index is 2.42. The molecule has 0 spiro atoms. The highest BCUT2D eigenvalue weighted by Crippen LogP contribution is 2.38. The molecule has 0 aliphatic rings. The van der Waals surface area contributed by atoms with Gasteiger partial charge in [-0.25, -0.2) is 0 Å². The average Bonchev–Trinajstić information content (AvgIpc) is 2.84. The van der Waals surface area contributed by atoms with Gasteiger partial charge in [-0.05, 0) is 30.5 Å². The van der Waals surface area contributed by atoms with Gasteiger partial charge in [-0.2, -0.15) is 0 Å². The van der Waals surface area contributed by atoms with Gasteiger partial charge in [-0.1, -0.05) is 44.2 Å². The highest BCUT2D eigenvalue weighted by Gasteiger charge is 2.28. The molecular formula is C17H18O2. The first kappa shape index (κ1) is 12.2. The molecule has 1 N–H and O–H groups in total. The molecule has 2 aromatic carbocycles. The summed E-state index contributed by atoms with van der Waals surface area (Å²) in [5, 5.41) is 13.0. The molecule has 3 aromatic rings. The van der Waals surface area contributed by atoms with E-state index in [0.29, 0.717) is 12.8 Å². The van der Waals surface area contributed by atoms with Crippen molar-refractivity contribution in [1.29, 1.82) is 0 Å². The molecule has 2 heteroatoms. The average molecular weight is 254 g/mol. The van der Waals surface area contributed by atoms with Crippen molar-refractivity contribution < 1.29 is 9.52 Å². The van der Waals surface area contributed by atoms with E-state index < -0.39 is 5.60 Å². The Kier molecular flexibility index (Phi) is 2.83. The van der Waals surface area contributed by atoms with Crippen LogP contribution < -0.4 is 0 Å². The summed E-state index contributed by atoms with van der Waals surface area (Å²) in [6.45, 7) is 4.04. The van der Waals surface area contributed by atoms with Gasteiger partial charge in [-0.15, -0.1) is 0 Å². The first-order valence-electron chi connectivity index (χ1n) is 6.82. The normalized spacial score (nSPS) is 12.4. The molecule has 0 amide bonds. The van der Waals surface area contributed by atoms with E-state index in [1.54, 1.807) is 0 Å². The molecule has 3 rings (SSSR count). The Morgan fingerprint density at radius 3 is 2.37 bits per heavy atom.